The molecule has 1 aromatic heterocycles. The summed E-state index contributed by atoms with van der Waals surface area (Å²) in [6.45, 7) is 3.99. The first-order valence-corrected chi connectivity index (χ1v) is 14.3. The van der Waals surface area contributed by atoms with Gasteiger partial charge in [-0.2, -0.15) is 0 Å². The first-order chi connectivity index (χ1) is 17.3. The van der Waals surface area contributed by atoms with E-state index >= 15 is 0 Å². The second-order valence-corrected chi connectivity index (χ2v) is 12.0. The van der Waals surface area contributed by atoms with Gasteiger partial charge in [0.15, 0.2) is 0 Å². The molecule has 0 unspecified atom stereocenters. The number of benzene rings is 2. The molecule has 0 atom stereocenters. The number of hydrogen-bond acceptors (Lipinski definition) is 4. The predicted octanol–water partition coefficient (Wildman–Crippen LogP) is 4.07. The number of halogens is 1. The standard InChI is InChI=1S/C27H33FN4O3S/c28-22-6-4-19(5-7-22)21-16-23-25(18-30-26(23)24(17-21)27(29)33)20-8-13-32(14-9-20)36(34,35)15-3-12-31-10-1-2-11-31/h4-7,16-18,20,30H,1-3,8-15H2,(H2,29,33). The number of nitrogens with zero attached hydrogens (tertiary/aromatic N) is 2. The Morgan fingerprint density at radius 3 is 2.39 bits per heavy atom. The molecule has 0 saturated carbocycles. The number of nitrogens with two attached hydrogens (primary N) is 1. The van der Waals surface area contributed by atoms with E-state index in [-0.39, 0.29) is 17.5 Å². The summed E-state index contributed by atoms with van der Waals surface area (Å²) >= 11 is 0. The third kappa shape index (κ3) is 5.19. The highest BCUT2D eigenvalue weighted by molar-refractivity contribution is 7.89. The SMILES string of the molecule is NC(=O)c1cc(-c2ccc(F)cc2)cc2c(C3CCN(S(=O)(=O)CCCN4CCCC4)CC3)c[nH]c12. The first-order valence-electron chi connectivity index (χ1n) is 12.7. The van der Waals surface area contributed by atoms with E-state index in [0.29, 0.717) is 43.4 Å². The van der Waals surface area contributed by atoms with Crippen LogP contribution < -0.4 is 5.73 Å². The number of aromatic amines is 1. The van der Waals surface area contributed by atoms with Crippen molar-refractivity contribution in [3.05, 3.63) is 59.5 Å². The van der Waals surface area contributed by atoms with Gasteiger partial charge >= 0.3 is 0 Å². The summed E-state index contributed by atoms with van der Waals surface area (Å²) in [4.78, 5) is 17.8. The molecule has 0 bridgehead atoms. The maximum absolute atomic E-state index is 13.4. The maximum Gasteiger partial charge on any atom is 0.250 e. The third-order valence-corrected chi connectivity index (χ3v) is 9.58. The van der Waals surface area contributed by atoms with Crippen LogP contribution in [0.3, 0.4) is 0 Å². The smallest absolute Gasteiger partial charge is 0.250 e. The zero-order chi connectivity index (χ0) is 25.3. The molecule has 9 heteroatoms. The van der Waals surface area contributed by atoms with E-state index in [1.807, 2.05) is 12.3 Å². The van der Waals surface area contributed by atoms with E-state index < -0.39 is 15.9 Å². The second kappa shape index (κ2) is 10.3. The predicted molar refractivity (Wildman–Crippen MR) is 140 cm³/mol. The lowest BCUT2D eigenvalue weighted by molar-refractivity contribution is 0.100. The van der Waals surface area contributed by atoms with Gasteiger partial charge in [-0.25, -0.2) is 17.1 Å². The normalized spacial score (nSPS) is 18.2. The van der Waals surface area contributed by atoms with Crippen molar-refractivity contribution in [1.29, 1.82) is 0 Å². The number of amides is 1. The number of fused-ring (bicyclic) bond motifs is 1. The molecule has 0 aliphatic carbocycles. The van der Waals surface area contributed by atoms with Gasteiger partial charge in [-0.1, -0.05) is 12.1 Å². The summed E-state index contributed by atoms with van der Waals surface area (Å²) in [5, 5.41) is 0.901. The Labute approximate surface area is 211 Å². The number of sulfonamides is 1. The fraction of sp³-hybridized carbons (Fsp3) is 0.444. The van der Waals surface area contributed by atoms with Crippen molar-refractivity contribution in [2.24, 2.45) is 5.73 Å². The second-order valence-electron chi connectivity index (χ2n) is 9.95. The largest absolute Gasteiger partial charge is 0.366 e. The van der Waals surface area contributed by atoms with Gasteiger partial charge in [0.25, 0.3) is 5.91 Å². The van der Waals surface area contributed by atoms with Gasteiger partial charge in [-0.15, -0.1) is 0 Å². The lowest BCUT2D eigenvalue weighted by Crippen LogP contribution is -2.39. The molecule has 2 fully saturated rings. The molecule has 5 rings (SSSR count). The Kier molecular flexibility index (Phi) is 7.14. The summed E-state index contributed by atoms with van der Waals surface area (Å²) in [6, 6.07) is 9.88. The minimum atomic E-state index is -3.27. The summed E-state index contributed by atoms with van der Waals surface area (Å²) in [5.41, 5.74) is 9.39. The Morgan fingerprint density at radius 1 is 1.03 bits per heavy atom. The van der Waals surface area contributed by atoms with E-state index in [4.69, 9.17) is 5.73 Å². The van der Waals surface area contributed by atoms with Crippen molar-refractivity contribution in [1.82, 2.24) is 14.2 Å². The van der Waals surface area contributed by atoms with Crippen LogP contribution in [0.2, 0.25) is 0 Å². The van der Waals surface area contributed by atoms with Crippen molar-refractivity contribution < 1.29 is 17.6 Å². The monoisotopic (exact) mass is 512 g/mol. The third-order valence-electron chi connectivity index (χ3n) is 7.63. The molecule has 3 aromatic rings. The summed E-state index contributed by atoms with van der Waals surface area (Å²) < 4.78 is 41.0. The highest BCUT2D eigenvalue weighted by Crippen LogP contribution is 2.37. The van der Waals surface area contributed by atoms with Crippen LogP contribution in [0.1, 0.15) is 53.9 Å². The van der Waals surface area contributed by atoms with Gasteiger partial charge in [-0.05, 0) is 98.6 Å². The molecule has 2 saturated heterocycles. The van der Waals surface area contributed by atoms with Crippen LogP contribution in [0, 0.1) is 5.82 Å². The van der Waals surface area contributed by atoms with Crippen LogP contribution in [0.4, 0.5) is 4.39 Å². The van der Waals surface area contributed by atoms with E-state index in [1.54, 1.807) is 22.5 Å². The van der Waals surface area contributed by atoms with Crippen molar-refractivity contribution >= 4 is 26.8 Å². The topological polar surface area (TPSA) is 99.5 Å². The van der Waals surface area contributed by atoms with Crippen molar-refractivity contribution in [2.75, 3.05) is 38.5 Å². The fourth-order valence-electron chi connectivity index (χ4n) is 5.64. The number of carbonyl (C=O) groups is 1. The first kappa shape index (κ1) is 24.9. The molecule has 2 aromatic carbocycles. The lowest BCUT2D eigenvalue weighted by atomic mass is 9.88. The van der Waals surface area contributed by atoms with Gasteiger partial charge in [0.2, 0.25) is 10.0 Å². The molecule has 1 amide bonds. The molecule has 3 N–H and O–H groups in total. The van der Waals surface area contributed by atoms with Crippen LogP contribution in [-0.2, 0) is 10.0 Å². The van der Waals surface area contributed by atoms with Crippen LogP contribution in [0.15, 0.2) is 42.6 Å². The molecule has 0 spiro atoms. The number of H-pyrrole nitrogens is 1. The van der Waals surface area contributed by atoms with Crippen molar-refractivity contribution in [2.45, 2.75) is 38.0 Å². The van der Waals surface area contributed by atoms with Gasteiger partial charge in [0.05, 0.1) is 16.8 Å². The average molecular weight is 513 g/mol. The van der Waals surface area contributed by atoms with E-state index in [0.717, 1.165) is 41.7 Å². The van der Waals surface area contributed by atoms with Crippen molar-refractivity contribution in [3.8, 4) is 11.1 Å². The van der Waals surface area contributed by atoms with E-state index in [1.165, 1.54) is 25.0 Å². The number of hydrogen-bond donors (Lipinski definition) is 2. The zero-order valence-electron chi connectivity index (χ0n) is 20.4. The lowest BCUT2D eigenvalue weighted by Gasteiger charge is -2.31. The van der Waals surface area contributed by atoms with E-state index in [2.05, 4.69) is 9.88 Å². The van der Waals surface area contributed by atoms with Crippen LogP contribution in [0.5, 0.6) is 0 Å². The fourth-order valence-corrected chi connectivity index (χ4v) is 7.16. The highest BCUT2D eigenvalue weighted by Gasteiger charge is 2.30. The highest BCUT2D eigenvalue weighted by atomic mass is 32.2. The van der Waals surface area contributed by atoms with Gasteiger partial charge in [0, 0.05) is 24.7 Å². The van der Waals surface area contributed by atoms with E-state index in [9.17, 15) is 17.6 Å². The van der Waals surface area contributed by atoms with Gasteiger partial charge < -0.3 is 15.6 Å². The quantitative estimate of drug-likeness (QED) is 0.475. The summed E-state index contributed by atoms with van der Waals surface area (Å²) in [7, 11) is -3.27. The summed E-state index contributed by atoms with van der Waals surface area (Å²) in [5.74, 6) is -0.495. The van der Waals surface area contributed by atoms with Crippen LogP contribution in [0.25, 0.3) is 22.0 Å². The summed E-state index contributed by atoms with van der Waals surface area (Å²) in [6.07, 6.45) is 6.43. The Bertz CT molecular complexity index is 1340. The molecule has 36 heavy (non-hydrogen) atoms. The molecular weight excluding hydrogens is 479 g/mol. The number of carbonyl (C=O) groups excluding carboxylic acids is 1. The number of piperidine rings is 1. The van der Waals surface area contributed by atoms with Crippen molar-refractivity contribution in [3.63, 3.8) is 0 Å². The average Bonchev–Trinajstić information content (AvgIpc) is 3.54. The molecule has 192 valence electrons. The molecule has 3 heterocycles. The maximum atomic E-state index is 13.4. The number of rotatable bonds is 8. The number of aromatic nitrogens is 1. The van der Waals surface area contributed by atoms with Gasteiger partial charge in [0.1, 0.15) is 5.82 Å². The Hall–Kier alpha value is -2.75. The van der Waals surface area contributed by atoms with Crippen LogP contribution >= 0.6 is 0 Å². The minimum absolute atomic E-state index is 0.166. The zero-order valence-corrected chi connectivity index (χ0v) is 21.2. The number of primary amides is 1. The molecule has 7 nitrogen and oxygen atoms in total. The minimum Gasteiger partial charge on any atom is -0.366 e. The van der Waals surface area contributed by atoms with Crippen LogP contribution in [-0.4, -0.2) is 67.0 Å². The molecular formula is C27H33FN4O3S. The number of likely N-dealkylation sites (tertiary alicyclic amines) is 1. The Balaban J connectivity index is 1.32. The van der Waals surface area contributed by atoms with Gasteiger partial charge in [-0.3, -0.25) is 4.79 Å². The molecule has 2 aliphatic rings. The molecule has 2 aliphatic heterocycles. The Morgan fingerprint density at radius 2 is 1.72 bits per heavy atom. The molecule has 0 radical (unpaired) electrons. The number of nitrogens with one attached hydrogen (secondary N) is 1.